The molecule has 92 valence electrons. The van der Waals surface area contributed by atoms with Crippen molar-refractivity contribution in [3.05, 3.63) is 0 Å². The van der Waals surface area contributed by atoms with E-state index < -0.39 is 5.60 Å². The molecule has 4 heteroatoms. The molecule has 2 fully saturated rings. The Morgan fingerprint density at radius 2 is 1.75 bits per heavy atom. The van der Waals surface area contributed by atoms with Gasteiger partial charge in [0, 0.05) is 24.9 Å². The second kappa shape index (κ2) is 3.91. The average Bonchev–Trinajstić information content (AvgIpc) is 2.38. The number of likely N-dealkylation sites (tertiary alicyclic amines) is 1. The maximum atomic E-state index is 11.9. The van der Waals surface area contributed by atoms with Gasteiger partial charge in [0.1, 0.15) is 5.60 Å². The summed E-state index contributed by atoms with van der Waals surface area (Å²) in [6, 6.07) is 0. The summed E-state index contributed by atoms with van der Waals surface area (Å²) < 4.78 is 5.34. The van der Waals surface area contributed by atoms with Crippen LogP contribution in [-0.2, 0) is 4.74 Å². The largest absolute Gasteiger partial charge is 0.444 e. The van der Waals surface area contributed by atoms with Gasteiger partial charge < -0.3 is 14.7 Å². The third-order valence-corrected chi connectivity index (χ3v) is 3.44. The van der Waals surface area contributed by atoms with E-state index in [0.29, 0.717) is 13.1 Å². The molecule has 1 heterocycles. The van der Waals surface area contributed by atoms with Gasteiger partial charge in [0.15, 0.2) is 0 Å². The van der Waals surface area contributed by atoms with Crippen molar-refractivity contribution >= 4 is 6.09 Å². The zero-order valence-electron chi connectivity index (χ0n) is 10.3. The number of nitrogens with zero attached hydrogens (tertiary/aromatic N) is 1. The van der Waals surface area contributed by atoms with Gasteiger partial charge in [-0.1, -0.05) is 0 Å². The summed E-state index contributed by atoms with van der Waals surface area (Å²) in [6.45, 7) is 6.91. The van der Waals surface area contributed by atoms with Gasteiger partial charge in [0.05, 0.1) is 6.10 Å². The Bertz CT molecular complexity index is 270. The molecular formula is C12H21NO3. The molecule has 1 saturated carbocycles. The number of aliphatic hydroxyl groups is 1. The number of rotatable bonds is 0. The summed E-state index contributed by atoms with van der Waals surface area (Å²) in [5, 5.41) is 9.86. The van der Waals surface area contributed by atoms with E-state index in [1.807, 2.05) is 20.8 Å². The molecule has 1 N–H and O–H groups in total. The van der Waals surface area contributed by atoms with Crippen molar-refractivity contribution in [1.29, 1.82) is 0 Å². The fraction of sp³-hybridized carbons (Fsp3) is 0.917. The van der Waals surface area contributed by atoms with Crippen molar-refractivity contribution in [2.24, 2.45) is 11.8 Å². The minimum Gasteiger partial charge on any atom is -0.444 e. The lowest BCUT2D eigenvalue weighted by molar-refractivity contribution is -0.0134. The lowest BCUT2D eigenvalue weighted by atomic mass is 9.95. The molecule has 3 atom stereocenters. The monoisotopic (exact) mass is 227 g/mol. The van der Waals surface area contributed by atoms with E-state index in [4.69, 9.17) is 4.74 Å². The summed E-state index contributed by atoms with van der Waals surface area (Å²) in [7, 11) is 0. The number of hydrogen-bond acceptors (Lipinski definition) is 3. The van der Waals surface area contributed by atoms with Crippen LogP contribution >= 0.6 is 0 Å². The van der Waals surface area contributed by atoms with Gasteiger partial charge in [-0.3, -0.25) is 0 Å². The standard InChI is InChI=1S/C12H21NO3/c1-12(2,3)16-11(15)13-6-8-4-5-9(7-13)10(8)14/h8-10,14H,4-7H2,1-3H3/t8-,9+,10-. The van der Waals surface area contributed by atoms with Gasteiger partial charge in [-0.05, 0) is 33.6 Å². The summed E-state index contributed by atoms with van der Waals surface area (Å²) in [5.41, 5.74) is -0.438. The van der Waals surface area contributed by atoms with Crippen molar-refractivity contribution < 1.29 is 14.6 Å². The van der Waals surface area contributed by atoms with E-state index in [9.17, 15) is 9.90 Å². The zero-order chi connectivity index (χ0) is 11.9. The van der Waals surface area contributed by atoms with Crippen molar-refractivity contribution in [3.8, 4) is 0 Å². The van der Waals surface area contributed by atoms with Crippen LogP contribution in [0.15, 0.2) is 0 Å². The first kappa shape index (κ1) is 11.7. The third kappa shape index (κ3) is 2.32. The molecule has 0 unspecified atom stereocenters. The first-order valence-corrected chi connectivity index (χ1v) is 6.03. The van der Waals surface area contributed by atoms with Crippen LogP contribution in [-0.4, -0.2) is 40.9 Å². The van der Waals surface area contributed by atoms with Crippen LogP contribution in [0, 0.1) is 11.8 Å². The number of hydrogen-bond donors (Lipinski definition) is 1. The van der Waals surface area contributed by atoms with Gasteiger partial charge >= 0.3 is 6.09 Å². The van der Waals surface area contributed by atoms with E-state index in [0.717, 1.165) is 12.8 Å². The Kier molecular flexibility index (Phi) is 2.86. The van der Waals surface area contributed by atoms with E-state index in [1.54, 1.807) is 4.90 Å². The molecule has 0 spiro atoms. The number of piperidine rings is 1. The number of ether oxygens (including phenoxy) is 1. The second-order valence-corrected chi connectivity index (χ2v) is 5.97. The normalized spacial score (nSPS) is 34.0. The quantitative estimate of drug-likeness (QED) is 0.684. The van der Waals surface area contributed by atoms with Crippen LogP contribution in [0.1, 0.15) is 33.6 Å². The van der Waals surface area contributed by atoms with Crippen LogP contribution in [0.4, 0.5) is 4.79 Å². The fourth-order valence-electron chi connectivity index (χ4n) is 2.67. The molecule has 1 saturated heterocycles. The summed E-state index contributed by atoms with van der Waals surface area (Å²) in [5.74, 6) is 0.512. The lowest BCUT2D eigenvalue weighted by Gasteiger charge is -2.36. The highest BCUT2D eigenvalue weighted by molar-refractivity contribution is 5.68. The van der Waals surface area contributed by atoms with Crippen molar-refractivity contribution in [1.82, 2.24) is 4.90 Å². The van der Waals surface area contributed by atoms with Crippen LogP contribution in [0.25, 0.3) is 0 Å². The van der Waals surface area contributed by atoms with Crippen molar-refractivity contribution in [2.75, 3.05) is 13.1 Å². The molecule has 0 aromatic heterocycles. The van der Waals surface area contributed by atoms with Crippen molar-refractivity contribution in [2.45, 2.75) is 45.3 Å². The maximum absolute atomic E-state index is 11.9. The van der Waals surface area contributed by atoms with Crippen LogP contribution in [0.5, 0.6) is 0 Å². The van der Waals surface area contributed by atoms with Crippen LogP contribution < -0.4 is 0 Å². The van der Waals surface area contributed by atoms with E-state index in [1.165, 1.54) is 0 Å². The predicted octanol–water partition coefficient (Wildman–Crippen LogP) is 1.62. The highest BCUT2D eigenvalue weighted by atomic mass is 16.6. The van der Waals surface area contributed by atoms with E-state index in [-0.39, 0.29) is 24.0 Å². The molecule has 1 amide bonds. The SMILES string of the molecule is CC(C)(C)OC(=O)N1C[C@H]2CC[C@@H](C1)[C@@H]2O. The van der Waals surface area contributed by atoms with Gasteiger partial charge in [0.2, 0.25) is 0 Å². The van der Waals surface area contributed by atoms with Crippen LogP contribution in [0.3, 0.4) is 0 Å². The number of carbonyl (C=O) groups excluding carboxylic acids is 1. The smallest absolute Gasteiger partial charge is 0.410 e. The minimum atomic E-state index is -0.438. The van der Waals surface area contributed by atoms with Gasteiger partial charge in [-0.25, -0.2) is 4.79 Å². The van der Waals surface area contributed by atoms with Gasteiger partial charge in [-0.15, -0.1) is 0 Å². The average molecular weight is 227 g/mol. The first-order valence-electron chi connectivity index (χ1n) is 6.03. The second-order valence-electron chi connectivity index (χ2n) is 5.97. The Balaban J connectivity index is 1.95. The molecule has 0 aromatic carbocycles. The van der Waals surface area contributed by atoms with Crippen molar-refractivity contribution in [3.63, 3.8) is 0 Å². The van der Waals surface area contributed by atoms with Gasteiger partial charge in [0.25, 0.3) is 0 Å². The molecule has 4 nitrogen and oxygen atoms in total. The third-order valence-electron chi connectivity index (χ3n) is 3.44. The van der Waals surface area contributed by atoms with Gasteiger partial charge in [-0.2, -0.15) is 0 Å². The molecule has 1 aliphatic carbocycles. The highest BCUT2D eigenvalue weighted by Crippen LogP contribution is 2.37. The number of aliphatic hydroxyl groups excluding tert-OH is 1. The molecule has 2 rings (SSSR count). The molecule has 16 heavy (non-hydrogen) atoms. The zero-order valence-corrected chi connectivity index (χ0v) is 10.3. The fourth-order valence-corrected chi connectivity index (χ4v) is 2.67. The molecular weight excluding hydrogens is 206 g/mol. The van der Waals surface area contributed by atoms with E-state index >= 15 is 0 Å². The molecule has 0 aromatic rings. The molecule has 0 radical (unpaired) electrons. The number of amides is 1. The van der Waals surface area contributed by atoms with Crippen LogP contribution in [0.2, 0.25) is 0 Å². The summed E-state index contributed by atoms with van der Waals surface area (Å²) >= 11 is 0. The Morgan fingerprint density at radius 3 is 2.19 bits per heavy atom. The molecule has 2 bridgehead atoms. The number of fused-ring (bicyclic) bond motifs is 2. The lowest BCUT2D eigenvalue weighted by Crippen LogP contribution is -2.48. The Morgan fingerprint density at radius 1 is 1.25 bits per heavy atom. The molecule has 2 aliphatic rings. The first-order chi connectivity index (χ1) is 7.37. The highest BCUT2D eigenvalue weighted by Gasteiger charge is 2.43. The minimum absolute atomic E-state index is 0.210. The summed E-state index contributed by atoms with van der Waals surface area (Å²) in [4.78, 5) is 13.6. The Labute approximate surface area is 96.6 Å². The number of carbonyl (C=O) groups is 1. The maximum Gasteiger partial charge on any atom is 0.410 e. The van der Waals surface area contributed by atoms with E-state index in [2.05, 4.69) is 0 Å². The summed E-state index contributed by atoms with van der Waals surface area (Å²) in [6.07, 6.45) is 1.62. The molecule has 1 aliphatic heterocycles. The topological polar surface area (TPSA) is 49.8 Å². The Hall–Kier alpha value is -0.770. The predicted molar refractivity (Wildman–Crippen MR) is 60.0 cm³/mol.